The molecule has 0 saturated carbocycles. The molecule has 94 valence electrons. The smallest absolute Gasteiger partial charge is 0.251 e. The predicted octanol–water partition coefficient (Wildman–Crippen LogP) is 2.75. The Morgan fingerprint density at radius 2 is 2.24 bits per heavy atom. The Hall–Kier alpha value is -1.58. The Morgan fingerprint density at radius 3 is 2.76 bits per heavy atom. The Kier molecular flexibility index (Phi) is 4.94. The molecule has 1 N–H and O–H groups in total. The van der Waals surface area contributed by atoms with E-state index < -0.39 is 5.82 Å². The van der Waals surface area contributed by atoms with Crippen LogP contribution in [-0.4, -0.2) is 19.1 Å². The lowest BCUT2D eigenvalue weighted by atomic mass is 10.1. The van der Waals surface area contributed by atoms with E-state index in [9.17, 15) is 9.18 Å². The lowest BCUT2D eigenvalue weighted by molar-refractivity contribution is 0.0938. The van der Waals surface area contributed by atoms with Crippen molar-refractivity contribution in [1.82, 2.24) is 5.32 Å². The molecule has 0 aromatic heterocycles. The topological polar surface area (TPSA) is 38.3 Å². The van der Waals surface area contributed by atoms with Gasteiger partial charge in [0.15, 0.2) is 11.6 Å². The number of carbonyl (C=O) groups is 1. The Morgan fingerprint density at radius 1 is 1.53 bits per heavy atom. The molecule has 1 rings (SSSR count). The van der Waals surface area contributed by atoms with Gasteiger partial charge in [-0.3, -0.25) is 4.79 Å². The van der Waals surface area contributed by atoms with Crippen molar-refractivity contribution in [2.45, 2.75) is 32.7 Å². The Balaban J connectivity index is 2.72. The van der Waals surface area contributed by atoms with Gasteiger partial charge in [0.05, 0.1) is 7.11 Å². The number of methoxy groups -OCH3 is 1. The fourth-order valence-corrected chi connectivity index (χ4v) is 1.62. The summed E-state index contributed by atoms with van der Waals surface area (Å²) in [5.74, 6) is -0.640. The first-order valence-corrected chi connectivity index (χ1v) is 5.72. The number of benzene rings is 1. The maximum absolute atomic E-state index is 13.4. The number of hydrogen-bond donors (Lipinski definition) is 1. The fraction of sp³-hybridized carbons (Fsp3) is 0.462. The SMILES string of the molecule is CCC[C@@H](C)NC(=O)c1ccc(OC)c(F)c1. The van der Waals surface area contributed by atoms with E-state index in [0.29, 0.717) is 5.56 Å². The van der Waals surface area contributed by atoms with Crippen LogP contribution in [0.3, 0.4) is 0 Å². The molecule has 0 radical (unpaired) electrons. The number of ether oxygens (including phenoxy) is 1. The molecule has 4 heteroatoms. The first kappa shape index (κ1) is 13.5. The number of amides is 1. The molecule has 0 bridgehead atoms. The zero-order valence-corrected chi connectivity index (χ0v) is 10.4. The average molecular weight is 239 g/mol. The van der Waals surface area contributed by atoms with E-state index in [-0.39, 0.29) is 17.7 Å². The standard InChI is InChI=1S/C13H18FNO2/c1-4-5-9(2)15-13(16)10-6-7-12(17-3)11(14)8-10/h6-9H,4-5H2,1-3H3,(H,15,16)/t9-/m1/s1. The summed E-state index contributed by atoms with van der Waals surface area (Å²) in [6.45, 7) is 3.98. The summed E-state index contributed by atoms with van der Waals surface area (Å²) in [5.41, 5.74) is 0.311. The molecular weight excluding hydrogens is 221 g/mol. The van der Waals surface area contributed by atoms with E-state index in [1.54, 1.807) is 6.07 Å². The van der Waals surface area contributed by atoms with Crippen molar-refractivity contribution in [3.63, 3.8) is 0 Å². The highest BCUT2D eigenvalue weighted by Gasteiger charge is 2.11. The highest BCUT2D eigenvalue weighted by Crippen LogP contribution is 2.17. The largest absolute Gasteiger partial charge is 0.494 e. The number of hydrogen-bond acceptors (Lipinski definition) is 2. The number of halogens is 1. The molecule has 3 nitrogen and oxygen atoms in total. The Bertz CT molecular complexity index is 393. The van der Waals surface area contributed by atoms with Crippen molar-refractivity contribution in [3.8, 4) is 5.75 Å². The van der Waals surface area contributed by atoms with Gasteiger partial charge in [-0.2, -0.15) is 0 Å². The summed E-state index contributed by atoms with van der Waals surface area (Å²) in [4.78, 5) is 11.8. The molecule has 0 heterocycles. The van der Waals surface area contributed by atoms with Gasteiger partial charge < -0.3 is 10.1 Å². The predicted molar refractivity (Wildman–Crippen MR) is 64.8 cm³/mol. The number of carbonyl (C=O) groups excluding carboxylic acids is 1. The first-order valence-electron chi connectivity index (χ1n) is 5.72. The van der Waals surface area contributed by atoms with Crippen LogP contribution in [0.5, 0.6) is 5.75 Å². The molecule has 0 spiro atoms. The third-order valence-electron chi connectivity index (χ3n) is 2.51. The first-order chi connectivity index (χ1) is 8.08. The van der Waals surface area contributed by atoms with Gasteiger partial charge in [0, 0.05) is 11.6 Å². The molecular formula is C13H18FNO2. The van der Waals surface area contributed by atoms with Crippen molar-refractivity contribution in [3.05, 3.63) is 29.6 Å². The maximum Gasteiger partial charge on any atom is 0.251 e. The summed E-state index contributed by atoms with van der Waals surface area (Å²) < 4.78 is 18.2. The molecule has 0 aliphatic carbocycles. The molecule has 1 aromatic carbocycles. The number of nitrogens with one attached hydrogen (secondary N) is 1. The lowest BCUT2D eigenvalue weighted by Crippen LogP contribution is -2.32. The van der Waals surface area contributed by atoms with Crippen LogP contribution in [-0.2, 0) is 0 Å². The summed E-state index contributed by atoms with van der Waals surface area (Å²) in [7, 11) is 1.39. The molecule has 0 fully saturated rings. The van der Waals surface area contributed by atoms with Crippen molar-refractivity contribution in [1.29, 1.82) is 0 Å². The van der Waals surface area contributed by atoms with Gasteiger partial charge in [0.1, 0.15) is 0 Å². The van der Waals surface area contributed by atoms with Gasteiger partial charge in [-0.15, -0.1) is 0 Å². The van der Waals surface area contributed by atoms with Crippen molar-refractivity contribution in [2.75, 3.05) is 7.11 Å². The zero-order chi connectivity index (χ0) is 12.8. The summed E-state index contributed by atoms with van der Waals surface area (Å²) >= 11 is 0. The molecule has 1 amide bonds. The van der Waals surface area contributed by atoms with E-state index in [0.717, 1.165) is 12.8 Å². The second-order valence-electron chi connectivity index (χ2n) is 4.01. The van der Waals surface area contributed by atoms with Crippen LogP contribution in [0, 0.1) is 5.82 Å². The zero-order valence-electron chi connectivity index (χ0n) is 10.4. The molecule has 0 aliphatic heterocycles. The minimum absolute atomic E-state index is 0.0951. The van der Waals surface area contributed by atoms with Gasteiger partial charge in [-0.1, -0.05) is 13.3 Å². The molecule has 0 unspecified atom stereocenters. The molecule has 0 saturated heterocycles. The van der Waals surface area contributed by atoms with Crippen LogP contribution in [0.1, 0.15) is 37.0 Å². The molecule has 1 atom stereocenters. The third-order valence-corrected chi connectivity index (χ3v) is 2.51. The quantitative estimate of drug-likeness (QED) is 0.858. The number of rotatable bonds is 5. The van der Waals surface area contributed by atoms with Crippen LogP contribution < -0.4 is 10.1 Å². The molecule has 17 heavy (non-hydrogen) atoms. The van der Waals surface area contributed by atoms with Crippen LogP contribution in [0.2, 0.25) is 0 Å². The van der Waals surface area contributed by atoms with Gasteiger partial charge in [0.25, 0.3) is 5.91 Å². The average Bonchev–Trinajstić information content (AvgIpc) is 2.29. The van der Waals surface area contributed by atoms with E-state index in [4.69, 9.17) is 4.74 Å². The van der Waals surface area contributed by atoms with Gasteiger partial charge in [0.2, 0.25) is 0 Å². The molecule has 1 aromatic rings. The van der Waals surface area contributed by atoms with Crippen LogP contribution in [0.15, 0.2) is 18.2 Å². The second kappa shape index (κ2) is 6.23. The minimum Gasteiger partial charge on any atom is -0.494 e. The Labute approximate surface area is 101 Å². The minimum atomic E-state index is -0.525. The summed E-state index contributed by atoms with van der Waals surface area (Å²) in [6, 6.07) is 4.29. The van der Waals surface area contributed by atoms with Crippen LogP contribution >= 0.6 is 0 Å². The van der Waals surface area contributed by atoms with Gasteiger partial charge in [-0.25, -0.2) is 4.39 Å². The van der Waals surface area contributed by atoms with Crippen LogP contribution in [0.4, 0.5) is 4.39 Å². The van der Waals surface area contributed by atoms with Gasteiger partial charge >= 0.3 is 0 Å². The van der Waals surface area contributed by atoms with E-state index in [1.807, 2.05) is 6.92 Å². The van der Waals surface area contributed by atoms with Crippen molar-refractivity contribution in [2.24, 2.45) is 0 Å². The van der Waals surface area contributed by atoms with E-state index >= 15 is 0 Å². The maximum atomic E-state index is 13.4. The van der Waals surface area contributed by atoms with Gasteiger partial charge in [-0.05, 0) is 31.5 Å². The van der Waals surface area contributed by atoms with Crippen molar-refractivity contribution < 1.29 is 13.9 Å². The highest BCUT2D eigenvalue weighted by atomic mass is 19.1. The van der Waals surface area contributed by atoms with Crippen LogP contribution in [0.25, 0.3) is 0 Å². The molecule has 0 aliphatic rings. The summed E-state index contributed by atoms with van der Waals surface area (Å²) in [6.07, 6.45) is 1.91. The van der Waals surface area contributed by atoms with E-state index in [2.05, 4.69) is 12.2 Å². The fourth-order valence-electron chi connectivity index (χ4n) is 1.62. The highest BCUT2D eigenvalue weighted by molar-refractivity contribution is 5.94. The third kappa shape index (κ3) is 3.73. The monoisotopic (exact) mass is 239 g/mol. The van der Waals surface area contributed by atoms with E-state index in [1.165, 1.54) is 19.2 Å². The van der Waals surface area contributed by atoms with Crippen molar-refractivity contribution >= 4 is 5.91 Å². The second-order valence-corrected chi connectivity index (χ2v) is 4.01. The normalized spacial score (nSPS) is 12.0. The lowest BCUT2D eigenvalue weighted by Gasteiger charge is -2.13. The summed E-state index contributed by atoms with van der Waals surface area (Å²) in [5, 5.41) is 2.82.